The van der Waals surface area contributed by atoms with Crippen molar-refractivity contribution in [2.75, 3.05) is 20.1 Å². The Balaban J connectivity index is 0.00000441. The third kappa shape index (κ3) is 7.29. The van der Waals surface area contributed by atoms with Gasteiger partial charge in [-0.05, 0) is 43.6 Å². The number of hydrogen-bond donors (Lipinski definition) is 3. The van der Waals surface area contributed by atoms with Crippen LogP contribution in [0.15, 0.2) is 0 Å². The van der Waals surface area contributed by atoms with E-state index < -0.39 is 10.9 Å². The first kappa shape index (κ1) is 21.7. The van der Waals surface area contributed by atoms with E-state index in [0.29, 0.717) is 18.5 Å². The number of carbonyl (C=O) groups excluding carboxylic acids is 1. The summed E-state index contributed by atoms with van der Waals surface area (Å²) in [6.07, 6.45) is 1.66. The molecule has 0 aromatic rings. The van der Waals surface area contributed by atoms with Gasteiger partial charge in [0.2, 0.25) is 0 Å². The summed E-state index contributed by atoms with van der Waals surface area (Å²) in [6, 6.07) is 0.186. The van der Waals surface area contributed by atoms with Crippen LogP contribution in [-0.4, -0.2) is 66.6 Å². The molecule has 1 saturated heterocycles. The molecule has 3 atom stereocenters. The van der Waals surface area contributed by atoms with E-state index in [-0.39, 0.29) is 42.0 Å². The minimum atomic E-state index is -2.31. The summed E-state index contributed by atoms with van der Waals surface area (Å²) in [7, 11) is -0.410. The van der Waals surface area contributed by atoms with E-state index in [1.54, 1.807) is 0 Å². The van der Waals surface area contributed by atoms with Gasteiger partial charge >= 0.3 is 23.4 Å². The molecule has 7 nitrogen and oxygen atoms in total. The quantitative estimate of drug-likeness (QED) is 0.435. The molecule has 1 unspecified atom stereocenters. The predicted octanol–water partition coefficient (Wildman–Crippen LogP) is -0.309. The summed E-state index contributed by atoms with van der Waals surface area (Å²) in [5.74, 6) is 0.373. The van der Waals surface area contributed by atoms with Gasteiger partial charge in [-0.2, -0.15) is 0 Å². The van der Waals surface area contributed by atoms with Crippen molar-refractivity contribution in [1.29, 1.82) is 0 Å². The van der Waals surface area contributed by atoms with E-state index in [2.05, 4.69) is 15.4 Å². The van der Waals surface area contributed by atoms with Crippen molar-refractivity contribution in [1.82, 2.24) is 20.3 Å². The number of likely N-dealkylation sites (tertiary alicyclic amines) is 1. The minimum absolute atomic E-state index is 0. The van der Waals surface area contributed by atoms with E-state index >= 15 is 0 Å². The van der Waals surface area contributed by atoms with Crippen molar-refractivity contribution in [2.45, 2.75) is 51.7 Å². The standard InChI is InChI=1S/C13H27N4O3S.Al.2H/c1-9(2)5-11(7-15-21(19)20)16-13(18)17-8-12(14-4)6-10(17)3;;;/h9-12,14H,5-8H2,1-4H3,(H,16,18)(H,15,19,20);;;/q-1;+1;;/t10-,11+,12?;;;/m1.../s1. The molecule has 128 valence electrons. The average Bonchev–Trinajstić information content (AvgIpc) is 2.76. The molecule has 0 saturated carbocycles. The average molecular weight is 348 g/mol. The van der Waals surface area contributed by atoms with Gasteiger partial charge in [-0.15, -0.1) is 0 Å². The van der Waals surface area contributed by atoms with Crippen LogP contribution in [0.4, 0.5) is 4.79 Å². The van der Waals surface area contributed by atoms with E-state index in [9.17, 15) is 13.2 Å². The van der Waals surface area contributed by atoms with Gasteiger partial charge in [-0.1, -0.05) is 13.8 Å². The summed E-state index contributed by atoms with van der Waals surface area (Å²) in [4.78, 5) is 14.2. The first-order chi connectivity index (χ1) is 9.83. The number of rotatable bonds is 7. The molecule has 1 heterocycles. The van der Waals surface area contributed by atoms with Crippen LogP contribution in [0.5, 0.6) is 0 Å². The second-order valence-electron chi connectivity index (χ2n) is 6.08. The molecule has 0 aromatic heterocycles. The fourth-order valence-corrected chi connectivity index (χ4v) is 3.05. The Labute approximate surface area is 145 Å². The fraction of sp³-hybridized carbons (Fsp3) is 0.923. The van der Waals surface area contributed by atoms with E-state index in [1.807, 2.05) is 32.7 Å². The first-order valence-corrected chi connectivity index (χ1v) is 8.48. The van der Waals surface area contributed by atoms with Crippen LogP contribution >= 0.6 is 0 Å². The number of nitrogens with one attached hydrogen (secondary N) is 3. The Hall–Kier alpha value is -0.328. The maximum absolute atomic E-state index is 12.4. The van der Waals surface area contributed by atoms with E-state index in [4.69, 9.17) is 0 Å². The maximum atomic E-state index is 12.4. The molecule has 0 aromatic carbocycles. The van der Waals surface area contributed by atoms with Gasteiger partial charge in [0.25, 0.3) is 0 Å². The van der Waals surface area contributed by atoms with Gasteiger partial charge in [0.1, 0.15) is 0 Å². The molecule has 1 aliphatic rings. The van der Waals surface area contributed by atoms with Crippen molar-refractivity contribution < 1.29 is 13.2 Å². The third-order valence-electron chi connectivity index (χ3n) is 3.77. The van der Waals surface area contributed by atoms with Crippen LogP contribution in [0, 0.1) is 5.92 Å². The zero-order chi connectivity index (χ0) is 16.0. The predicted molar refractivity (Wildman–Crippen MR) is 90.7 cm³/mol. The van der Waals surface area contributed by atoms with Crippen molar-refractivity contribution in [2.24, 2.45) is 5.92 Å². The number of nitrogens with zero attached hydrogens (tertiary/aromatic N) is 1. The summed E-state index contributed by atoms with van der Waals surface area (Å²) >= 11 is 0. The summed E-state index contributed by atoms with van der Waals surface area (Å²) in [5, 5.41) is 6.13. The van der Waals surface area contributed by atoms with Gasteiger partial charge in [0.15, 0.2) is 0 Å². The Bertz CT molecular complexity index is 412. The molecule has 9 heteroatoms. The molecule has 3 N–H and O–H groups in total. The Kier molecular flexibility index (Phi) is 10.3. The van der Waals surface area contributed by atoms with Crippen LogP contribution in [0.2, 0.25) is 0 Å². The van der Waals surface area contributed by atoms with E-state index in [1.165, 1.54) is 0 Å². The van der Waals surface area contributed by atoms with Crippen LogP contribution < -0.4 is 15.4 Å². The molecule has 1 aliphatic heterocycles. The molecular weight excluding hydrogens is 319 g/mol. The number of hydrogen-bond acceptors (Lipinski definition) is 5. The fourth-order valence-electron chi connectivity index (χ4n) is 2.71. The second-order valence-corrected chi connectivity index (χ2v) is 6.84. The Morgan fingerprint density at radius 1 is 1.36 bits per heavy atom. The van der Waals surface area contributed by atoms with Crippen LogP contribution in [0.1, 0.15) is 33.6 Å². The molecule has 0 radical (unpaired) electrons. The zero-order valence-electron chi connectivity index (χ0n) is 14.2. The summed E-state index contributed by atoms with van der Waals surface area (Å²) < 4.78 is 23.6. The summed E-state index contributed by atoms with van der Waals surface area (Å²) in [6.45, 7) is 7.02. The number of likely N-dealkylation sites (N-methyl/N-ethyl adjacent to an activating group) is 1. The van der Waals surface area contributed by atoms with Crippen LogP contribution in [-0.2, 0) is 19.3 Å². The molecular formula is C13H29AlN4O3S. The zero-order valence-corrected chi connectivity index (χ0v) is 17.0. The van der Waals surface area contributed by atoms with Crippen LogP contribution in [0.3, 0.4) is 0 Å². The SMILES string of the molecule is CNC1C[C@@H](C)N(C(=O)N[C@H](CN[S-](=O)=O)CC(C)C)C1.[AlH2+]. The Morgan fingerprint density at radius 3 is 2.45 bits per heavy atom. The van der Waals surface area contributed by atoms with Crippen molar-refractivity contribution in [3.63, 3.8) is 0 Å². The third-order valence-corrected chi connectivity index (χ3v) is 4.18. The monoisotopic (exact) mass is 348 g/mol. The molecule has 2 amide bonds. The van der Waals surface area contributed by atoms with Gasteiger partial charge in [-0.3, -0.25) is 0 Å². The molecule has 0 bridgehead atoms. The van der Waals surface area contributed by atoms with Crippen molar-refractivity contribution >= 4 is 34.3 Å². The topological polar surface area (TPSA) is 90.5 Å². The van der Waals surface area contributed by atoms with Crippen LogP contribution in [0.25, 0.3) is 0 Å². The molecule has 1 rings (SSSR count). The summed E-state index contributed by atoms with van der Waals surface area (Å²) in [5.41, 5.74) is 0. The van der Waals surface area contributed by atoms with Gasteiger partial charge in [-0.25, -0.2) is 4.79 Å². The molecule has 1 fully saturated rings. The molecule has 0 spiro atoms. The van der Waals surface area contributed by atoms with Gasteiger partial charge in [0, 0.05) is 31.2 Å². The Morgan fingerprint density at radius 2 is 2.00 bits per heavy atom. The van der Waals surface area contributed by atoms with Crippen molar-refractivity contribution in [3.8, 4) is 0 Å². The molecule has 22 heavy (non-hydrogen) atoms. The van der Waals surface area contributed by atoms with E-state index in [0.717, 1.165) is 12.8 Å². The first-order valence-electron chi connectivity index (χ1n) is 7.40. The number of urea groups is 1. The number of amides is 2. The number of carbonyl (C=O) groups is 1. The molecule has 0 aliphatic carbocycles. The second kappa shape index (κ2) is 10.4. The van der Waals surface area contributed by atoms with Gasteiger partial charge < -0.3 is 28.7 Å². The van der Waals surface area contributed by atoms with Gasteiger partial charge in [0.05, 0.1) is 0 Å². The van der Waals surface area contributed by atoms with Crippen molar-refractivity contribution in [3.05, 3.63) is 0 Å². The normalized spacial score (nSPS) is 22.7.